The average Bonchev–Trinajstić information content (AvgIpc) is 2.47. The summed E-state index contributed by atoms with van der Waals surface area (Å²) in [4.78, 5) is 5.04. The topological polar surface area (TPSA) is 17.8 Å². The average molecular weight is 176 g/mol. The molecule has 0 saturated carbocycles. The summed E-state index contributed by atoms with van der Waals surface area (Å²) in [5, 5.41) is 0. The number of benzene rings is 1. The zero-order chi connectivity index (χ0) is 8.55. The van der Waals surface area contributed by atoms with E-state index < -0.39 is 0 Å². The summed E-state index contributed by atoms with van der Waals surface area (Å²) in [5.74, 6) is 0. The van der Waals surface area contributed by atoms with E-state index in [0.29, 0.717) is 0 Å². The van der Waals surface area contributed by atoms with Crippen LogP contribution in [0.15, 0.2) is 30.6 Å². The maximum atomic E-state index is 5.07. The van der Waals surface area contributed by atoms with Gasteiger partial charge in [-0.2, -0.15) is 0 Å². The highest BCUT2D eigenvalue weighted by molar-refractivity contribution is 7.80. The van der Waals surface area contributed by atoms with Gasteiger partial charge in [-0.15, -0.1) is 0 Å². The Bertz CT molecular complexity index is 431. The molecule has 0 amide bonds. The Morgan fingerprint density at radius 2 is 2.17 bits per heavy atom. The molecule has 0 bridgehead atoms. The van der Waals surface area contributed by atoms with Crippen LogP contribution >= 0.6 is 12.2 Å². The van der Waals surface area contributed by atoms with Gasteiger partial charge in [0.25, 0.3) is 0 Å². The molecule has 0 spiro atoms. The predicted molar refractivity (Wildman–Crippen MR) is 53.4 cm³/mol. The molecule has 0 aliphatic rings. The Labute approximate surface area is 75.8 Å². The minimum Gasteiger partial charge on any atom is -0.293 e. The van der Waals surface area contributed by atoms with Gasteiger partial charge >= 0.3 is 0 Å². The van der Waals surface area contributed by atoms with Crippen molar-refractivity contribution in [1.29, 1.82) is 0 Å². The first-order valence-corrected chi connectivity index (χ1v) is 4.13. The third-order valence-electron chi connectivity index (χ3n) is 1.79. The van der Waals surface area contributed by atoms with Crippen LogP contribution in [0.1, 0.15) is 6.92 Å². The molecule has 0 fully saturated rings. The number of thiocarbonyl (C=S) groups is 1. The van der Waals surface area contributed by atoms with E-state index in [2.05, 4.69) is 4.98 Å². The van der Waals surface area contributed by atoms with Crippen molar-refractivity contribution < 1.29 is 0 Å². The molecule has 0 aliphatic carbocycles. The fourth-order valence-electron chi connectivity index (χ4n) is 1.21. The Morgan fingerprint density at radius 3 is 2.92 bits per heavy atom. The monoisotopic (exact) mass is 176 g/mol. The highest BCUT2D eigenvalue weighted by Crippen LogP contribution is 2.11. The van der Waals surface area contributed by atoms with Crippen molar-refractivity contribution in [1.82, 2.24) is 9.55 Å². The predicted octanol–water partition coefficient (Wildman–Crippen LogP) is 2.23. The number of nitrogens with zero attached hydrogens (tertiary/aromatic N) is 2. The third-order valence-corrected chi connectivity index (χ3v) is 1.99. The van der Waals surface area contributed by atoms with Gasteiger partial charge in [-0.25, -0.2) is 4.98 Å². The number of para-hydroxylation sites is 2. The molecule has 60 valence electrons. The highest BCUT2D eigenvalue weighted by Gasteiger charge is 2.00. The second kappa shape index (κ2) is 2.68. The van der Waals surface area contributed by atoms with Crippen LogP contribution in [0.25, 0.3) is 11.0 Å². The molecule has 1 aromatic heterocycles. The van der Waals surface area contributed by atoms with Gasteiger partial charge in [0.2, 0.25) is 0 Å². The molecule has 12 heavy (non-hydrogen) atoms. The van der Waals surface area contributed by atoms with Gasteiger partial charge in [-0.3, -0.25) is 4.57 Å². The maximum absolute atomic E-state index is 5.07. The number of hydrogen-bond donors (Lipinski definition) is 0. The molecular formula is C9H8N2S. The van der Waals surface area contributed by atoms with Gasteiger partial charge in [0, 0.05) is 0 Å². The molecule has 2 rings (SSSR count). The molecule has 0 aliphatic heterocycles. The van der Waals surface area contributed by atoms with E-state index in [-0.39, 0.29) is 0 Å². The van der Waals surface area contributed by atoms with Crippen molar-refractivity contribution in [3.63, 3.8) is 0 Å². The molecule has 0 radical (unpaired) electrons. The quantitative estimate of drug-likeness (QED) is 0.573. The third kappa shape index (κ3) is 1.02. The van der Waals surface area contributed by atoms with E-state index in [1.54, 1.807) is 6.33 Å². The van der Waals surface area contributed by atoms with Crippen LogP contribution < -0.4 is 0 Å². The Morgan fingerprint density at radius 1 is 1.42 bits per heavy atom. The molecule has 0 atom stereocenters. The van der Waals surface area contributed by atoms with Crippen molar-refractivity contribution in [3.8, 4) is 0 Å². The summed E-state index contributed by atoms with van der Waals surface area (Å²) in [6.45, 7) is 1.89. The van der Waals surface area contributed by atoms with Crippen molar-refractivity contribution in [2.45, 2.75) is 6.92 Å². The number of hydrogen-bond acceptors (Lipinski definition) is 2. The normalized spacial score (nSPS) is 10.4. The van der Waals surface area contributed by atoms with Crippen LogP contribution in [0.5, 0.6) is 0 Å². The van der Waals surface area contributed by atoms with E-state index in [1.807, 2.05) is 35.8 Å². The summed E-state index contributed by atoms with van der Waals surface area (Å²) in [7, 11) is 0. The first-order chi connectivity index (χ1) is 5.79. The van der Waals surface area contributed by atoms with Crippen LogP contribution in [0.2, 0.25) is 0 Å². The highest BCUT2D eigenvalue weighted by atomic mass is 32.1. The Kier molecular flexibility index (Phi) is 1.66. The number of fused-ring (bicyclic) bond motifs is 1. The van der Waals surface area contributed by atoms with Crippen LogP contribution in [0.3, 0.4) is 0 Å². The fourth-order valence-corrected chi connectivity index (χ4v) is 1.36. The first-order valence-electron chi connectivity index (χ1n) is 3.72. The summed E-state index contributed by atoms with van der Waals surface area (Å²) in [6.07, 6.45) is 1.76. The zero-order valence-electron chi connectivity index (χ0n) is 6.69. The minimum atomic E-state index is 0.823. The maximum Gasteiger partial charge on any atom is 0.101 e. The van der Waals surface area contributed by atoms with Gasteiger partial charge in [-0.1, -0.05) is 24.4 Å². The lowest BCUT2D eigenvalue weighted by molar-refractivity contribution is 1.18. The first kappa shape index (κ1) is 7.43. The molecule has 2 nitrogen and oxygen atoms in total. The number of aromatic nitrogens is 2. The lowest BCUT2D eigenvalue weighted by Crippen LogP contribution is -2.00. The molecule has 1 heterocycles. The summed E-state index contributed by atoms with van der Waals surface area (Å²) in [6, 6.07) is 7.94. The largest absolute Gasteiger partial charge is 0.293 e. The molecule has 0 saturated heterocycles. The van der Waals surface area contributed by atoms with Gasteiger partial charge in [0.1, 0.15) is 6.33 Å². The molecule has 2 aromatic rings. The van der Waals surface area contributed by atoms with E-state index in [1.165, 1.54) is 0 Å². The van der Waals surface area contributed by atoms with Gasteiger partial charge in [0.15, 0.2) is 0 Å². The molecular weight excluding hydrogens is 168 g/mol. The standard InChI is InChI=1S/C9H8N2S/c1-7(12)11-6-10-8-4-2-3-5-9(8)11/h2-6H,1H3. The van der Waals surface area contributed by atoms with Gasteiger partial charge in [-0.05, 0) is 19.1 Å². The van der Waals surface area contributed by atoms with Crippen molar-refractivity contribution >= 4 is 28.2 Å². The number of rotatable bonds is 0. The minimum absolute atomic E-state index is 0.823. The van der Waals surface area contributed by atoms with Crippen LogP contribution in [0.4, 0.5) is 0 Å². The van der Waals surface area contributed by atoms with Crippen molar-refractivity contribution in [2.24, 2.45) is 0 Å². The number of imidazole rings is 1. The Balaban J connectivity index is 2.79. The van der Waals surface area contributed by atoms with E-state index >= 15 is 0 Å². The van der Waals surface area contributed by atoms with Crippen molar-refractivity contribution in [3.05, 3.63) is 30.6 Å². The van der Waals surface area contributed by atoms with E-state index in [4.69, 9.17) is 12.2 Å². The van der Waals surface area contributed by atoms with Crippen LogP contribution in [0, 0.1) is 0 Å². The summed E-state index contributed by atoms with van der Waals surface area (Å²) < 4.78 is 1.91. The molecule has 1 aromatic carbocycles. The SMILES string of the molecule is CC(=S)n1cnc2ccccc21. The zero-order valence-corrected chi connectivity index (χ0v) is 7.51. The molecule has 0 N–H and O–H groups in total. The molecule has 0 unspecified atom stereocenters. The van der Waals surface area contributed by atoms with Crippen LogP contribution in [-0.4, -0.2) is 14.5 Å². The van der Waals surface area contributed by atoms with E-state index in [9.17, 15) is 0 Å². The lowest BCUT2D eigenvalue weighted by atomic mass is 10.3. The summed E-state index contributed by atoms with van der Waals surface area (Å²) in [5.41, 5.74) is 2.06. The van der Waals surface area contributed by atoms with Gasteiger partial charge < -0.3 is 0 Å². The second-order valence-electron chi connectivity index (χ2n) is 2.62. The van der Waals surface area contributed by atoms with Gasteiger partial charge in [0.05, 0.1) is 16.0 Å². The van der Waals surface area contributed by atoms with Crippen LogP contribution in [-0.2, 0) is 0 Å². The van der Waals surface area contributed by atoms with E-state index in [0.717, 1.165) is 16.0 Å². The lowest BCUT2D eigenvalue weighted by Gasteiger charge is -1.97. The summed E-state index contributed by atoms with van der Waals surface area (Å²) >= 11 is 5.07. The fraction of sp³-hybridized carbons (Fsp3) is 0.111. The van der Waals surface area contributed by atoms with Crippen molar-refractivity contribution in [2.75, 3.05) is 0 Å². The Hall–Kier alpha value is -1.22. The second-order valence-corrected chi connectivity index (χ2v) is 3.21. The molecule has 3 heteroatoms. The smallest absolute Gasteiger partial charge is 0.101 e.